The van der Waals surface area contributed by atoms with E-state index in [2.05, 4.69) is 5.32 Å². The molecular weight excluding hydrogens is 246 g/mol. The summed E-state index contributed by atoms with van der Waals surface area (Å²) in [5.41, 5.74) is 1.01. The van der Waals surface area contributed by atoms with Gasteiger partial charge in [-0.2, -0.15) is 0 Å². The number of hydrogen-bond acceptors (Lipinski definition) is 4. The smallest absolute Gasteiger partial charge is 0.412 e. The van der Waals surface area contributed by atoms with E-state index < -0.39 is 11.7 Å². The summed E-state index contributed by atoms with van der Waals surface area (Å²) in [7, 11) is 1.45. The zero-order chi connectivity index (χ0) is 14.6. The Morgan fingerprint density at radius 2 is 1.95 bits per heavy atom. The first-order valence-electron chi connectivity index (χ1n) is 5.91. The van der Waals surface area contributed by atoms with Crippen LogP contribution in [-0.2, 0) is 4.74 Å². The summed E-state index contributed by atoms with van der Waals surface area (Å²) in [5.74, 6) is 0.334. The highest BCUT2D eigenvalue weighted by atomic mass is 16.6. The molecule has 0 atom stereocenters. The lowest BCUT2D eigenvalue weighted by Crippen LogP contribution is -2.27. The summed E-state index contributed by atoms with van der Waals surface area (Å²) in [4.78, 5) is 22.8. The van der Waals surface area contributed by atoms with Crippen LogP contribution in [0.1, 0.15) is 36.7 Å². The van der Waals surface area contributed by atoms with Gasteiger partial charge < -0.3 is 9.47 Å². The lowest BCUT2D eigenvalue weighted by Gasteiger charge is -2.20. The Bertz CT molecular complexity index is 489. The molecule has 0 aromatic heterocycles. The van der Waals surface area contributed by atoms with Gasteiger partial charge in [0.2, 0.25) is 0 Å². The fraction of sp³-hybridized carbons (Fsp3) is 0.429. The number of aldehydes is 1. The van der Waals surface area contributed by atoms with E-state index in [1.165, 1.54) is 7.11 Å². The molecule has 0 radical (unpaired) electrons. The Balaban J connectivity index is 3.02. The topological polar surface area (TPSA) is 64.6 Å². The van der Waals surface area contributed by atoms with Crippen molar-refractivity contribution in [2.75, 3.05) is 12.4 Å². The summed E-state index contributed by atoms with van der Waals surface area (Å²) in [6.45, 7) is 7.12. The highest BCUT2D eigenvalue weighted by Gasteiger charge is 2.19. The zero-order valence-electron chi connectivity index (χ0n) is 11.9. The van der Waals surface area contributed by atoms with Crippen LogP contribution in [0.3, 0.4) is 0 Å². The van der Waals surface area contributed by atoms with Crippen molar-refractivity contribution in [2.24, 2.45) is 0 Å². The molecule has 0 aliphatic carbocycles. The number of nitrogens with one attached hydrogen (secondary N) is 1. The molecule has 1 aromatic carbocycles. The first-order chi connectivity index (χ1) is 8.78. The molecule has 1 N–H and O–H groups in total. The van der Waals surface area contributed by atoms with Crippen LogP contribution in [-0.4, -0.2) is 25.1 Å². The maximum absolute atomic E-state index is 11.7. The highest BCUT2D eigenvalue weighted by Crippen LogP contribution is 2.30. The molecule has 0 saturated heterocycles. The third-order valence-corrected chi connectivity index (χ3v) is 2.37. The summed E-state index contributed by atoms with van der Waals surface area (Å²) >= 11 is 0. The number of carbonyl (C=O) groups excluding carboxylic acids is 2. The van der Waals surface area contributed by atoms with Crippen LogP contribution in [0.15, 0.2) is 12.1 Å². The second-order valence-corrected chi connectivity index (χ2v) is 5.12. The fourth-order valence-corrected chi connectivity index (χ4v) is 1.58. The fourth-order valence-electron chi connectivity index (χ4n) is 1.58. The molecule has 19 heavy (non-hydrogen) atoms. The van der Waals surface area contributed by atoms with Gasteiger partial charge >= 0.3 is 6.09 Å². The van der Waals surface area contributed by atoms with Crippen LogP contribution in [0.25, 0.3) is 0 Å². The number of carbonyl (C=O) groups is 2. The molecule has 0 heterocycles. The van der Waals surface area contributed by atoms with E-state index in [1.807, 2.05) is 0 Å². The van der Waals surface area contributed by atoms with E-state index in [-0.39, 0.29) is 0 Å². The van der Waals surface area contributed by atoms with Crippen molar-refractivity contribution in [2.45, 2.75) is 33.3 Å². The van der Waals surface area contributed by atoms with Gasteiger partial charge in [-0.05, 0) is 39.3 Å². The molecule has 0 saturated carbocycles. The molecule has 5 nitrogen and oxygen atoms in total. The number of methoxy groups -OCH3 is 1. The number of anilines is 1. The van der Waals surface area contributed by atoms with Gasteiger partial charge in [-0.1, -0.05) is 6.07 Å². The molecule has 1 aromatic rings. The van der Waals surface area contributed by atoms with Gasteiger partial charge in [0.15, 0.2) is 12.0 Å². The number of aryl methyl sites for hydroxylation is 1. The van der Waals surface area contributed by atoms with Crippen molar-refractivity contribution in [1.29, 1.82) is 0 Å². The third kappa shape index (κ3) is 3.98. The number of hydrogen-bond donors (Lipinski definition) is 1. The average molecular weight is 265 g/mol. The Kier molecular flexibility index (Phi) is 4.53. The summed E-state index contributed by atoms with van der Waals surface area (Å²) in [6.07, 6.45) is 0.112. The van der Waals surface area contributed by atoms with E-state index in [0.29, 0.717) is 23.3 Å². The van der Waals surface area contributed by atoms with Crippen LogP contribution in [0.2, 0.25) is 0 Å². The number of benzene rings is 1. The second-order valence-electron chi connectivity index (χ2n) is 5.12. The van der Waals surface area contributed by atoms with Gasteiger partial charge in [-0.25, -0.2) is 4.79 Å². The maximum atomic E-state index is 11.7. The third-order valence-electron chi connectivity index (χ3n) is 2.37. The Morgan fingerprint density at radius 3 is 2.42 bits per heavy atom. The summed E-state index contributed by atoms with van der Waals surface area (Å²) in [6, 6.07) is 3.41. The lowest BCUT2D eigenvalue weighted by atomic mass is 10.1. The molecule has 0 fully saturated rings. The zero-order valence-corrected chi connectivity index (χ0v) is 11.9. The van der Waals surface area contributed by atoms with Gasteiger partial charge in [0.1, 0.15) is 5.60 Å². The average Bonchev–Trinajstić information content (AvgIpc) is 2.28. The van der Waals surface area contributed by atoms with Crippen molar-refractivity contribution in [3.63, 3.8) is 0 Å². The molecule has 1 rings (SSSR count). The van der Waals surface area contributed by atoms with Crippen LogP contribution in [0.4, 0.5) is 10.5 Å². The number of rotatable bonds is 3. The lowest BCUT2D eigenvalue weighted by molar-refractivity contribution is 0.0635. The minimum absolute atomic E-state index is 0.334. The highest BCUT2D eigenvalue weighted by molar-refractivity contribution is 5.92. The normalized spacial score (nSPS) is 10.8. The van der Waals surface area contributed by atoms with Gasteiger partial charge in [-0.15, -0.1) is 0 Å². The quantitative estimate of drug-likeness (QED) is 0.852. The summed E-state index contributed by atoms with van der Waals surface area (Å²) in [5, 5.41) is 2.57. The molecule has 0 bridgehead atoms. The molecule has 104 valence electrons. The monoisotopic (exact) mass is 265 g/mol. The minimum atomic E-state index is -0.591. The van der Waals surface area contributed by atoms with Crippen molar-refractivity contribution in [3.05, 3.63) is 23.3 Å². The van der Waals surface area contributed by atoms with E-state index in [4.69, 9.17) is 9.47 Å². The Hall–Kier alpha value is -2.04. The van der Waals surface area contributed by atoms with Gasteiger partial charge in [0.25, 0.3) is 0 Å². The molecule has 0 unspecified atom stereocenters. The van der Waals surface area contributed by atoms with Gasteiger partial charge in [0, 0.05) is 0 Å². The Morgan fingerprint density at radius 1 is 1.32 bits per heavy atom. The van der Waals surface area contributed by atoms with E-state index in [1.54, 1.807) is 39.8 Å². The minimum Gasteiger partial charge on any atom is -0.494 e. The largest absolute Gasteiger partial charge is 0.494 e. The van der Waals surface area contributed by atoms with Gasteiger partial charge in [0.05, 0.1) is 18.4 Å². The second kappa shape index (κ2) is 5.73. The van der Waals surface area contributed by atoms with Crippen molar-refractivity contribution in [1.82, 2.24) is 0 Å². The molecule has 0 aliphatic rings. The van der Waals surface area contributed by atoms with Crippen molar-refractivity contribution in [3.8, 4) is 5.75 Å². The number of amides is 1. The van der Waals surface area contributed by atoms with Crippen molar-refractivity contribution >= 4 is 18.1 Å². The molecule has 0 spiro atoms. The van der Waals surface area contributed by atoms with E-state index >= 15 is 0 Å². The van der Waals surface area contributed by atoms with Crippen LogP contribution in [0, 0.1) is 6.92 Å². The number of ether oxygens (including phenoxy) is 2. The van der Waals surface area contributed by atoms with E-state index in [0.717, 1.165) is 5.56 Å². The Labute approximate surface area is 112 Å². The van der Waals surface area contributed by atoms with Crippen LogP contribution >= 0.6 is 0 Å². The first kappa shape index (κ1) is 15.0. The predicted molar refractivity (Wildman–Crippen MR) is 73.0 cm³/mol. The molecule has 1 amide bonds. The first-order valence-corrected chi connectivity index (χ1v) is 5.91. The standard InChI is InChI=1S/C14H19NO4/c1-9-6-7-11(12(18-5)10(9)8-16)15-13(17)19-14(2,3)4/h6-8H,1-5H3,(H,15,17). The van der Waals surface area contributed by atoms with Crippen molar-refractivity contribution < 1.29 is 19.1 Å². The molecular formula is C14H19NO4. The molecule has 0 aliphatic heterocycles. The van der Waals surface area contributed by atoms with E-state index in [9.17, 15) is 9.59 Å². The van der Waals surface area contributed by atoms with Crippen LogP contribution < -0.4 is 10.1 Å². The maximum Gasteiger partial charge on any atom is 0.412 e. The molecule has 5 heteroatoms. The van der Waals surface area contributed by atoms with Gasteiger partial charge in [-0.3, -0.25) is 10.1 Å². The van der Waals surface area contributed by atoms with Crippen LogP contribution in [0.5, 0.6) is 5.75 Å². The SMILES string of the molecule is COc1c(NC(=O)OC(C)(C)C)ccc(C)c1C=O. The predicted octanol–water partition coefficient (Wildman–Crippen LogP) is 3.16. The summed E-state index contributed by atoms with van der Waals surface area (Å²) < 4.78 is 10.3.